The van der Waals surface area contributed by atoms with Crippen molar-refractivity contribution in [2.24, 2.45) is 0 Å². The highest BCUT2D eigenvalue weighted by Crippen LogP contribution is 2.33. The van der Waals surface area contributed by atoms with Crippen LogP contribution in [-0.2, 0) is 0 Å². The molecule has 0 saturated carbocycles. The van der Waals surface area contributed by atoms with Gasteiger partial charge in [0, 0.05) is 16.7 Å². The van der Waals surface area contributed by atoms with E-state index in [0.717, 1.165) is 33.4 Å². The van der Waals surface area contributed by atoms with E-state index in [-0.39, 0.29) is 18.0 Å². The Morgan fingerprint density at radius 1 is 0.472 bits per heavy atom. The van der Waals surface area contributed by atoms with E-state index in [4.69, 9.17) is 14.2 Å². The lowest BCUT2D eigenvalue weighted by Gasteiger charge is -2.14. The molecule has 180 valence electrons. The molecule has 0 atom stereocenters. The van der Waals surface area contributed by atoms with Gasteiger partial charge in [0.05, 0.1) is 0 Å². The quantitative estimate of drug-likeness (QED) is 0.241. The van der Waals surface area contributed by atoms with Crippen molar-refractivity contribution in [3.63, 3.8) is 0 Å². The van der Waals surface area contributed by atoms with Gasteiger partial charge in [-0.1, -0.05) is 74.3 Å². The van der Waals surface area contributed by atoms with E-state index in [1.54, 1.807) is 0 Å². The Morgan fingerprint density at radius 2 is 0.722 bits per heavy atom. The Morgan fingerprint density at radius 3 is 0.972 bits per heavy atom. The third-order valence-corrected chi connectivity index (χ3v) is 5.22. The van der Waals surface area contributed by atoms with Crippen LogP contribution in [0.2, 0.25) is 0 Å². The number of nitrogens with zero attached hydrogens (tertiary/aromatic N) is 3. The number of ether oxygens (including phenoxy) is 3. The molecule has 6 nitrogen and oxygen atoms in total. The van der Waals surface area contributed by atoms with E-state index in [9.17, 15) is 0 Å². The number of aromatic nitrogens is 3. The molecule has 3 aromatic carbocycles. The Bertz CT molecular complexity index is 1270. The van der Waals surface area contributed by atoms with Gasteiger partial charge in [0.2, 0.25) is 0 Å². The summed E-state index contributed by atoms with van der Waals surface area (Å²) in [6.07, 6.45) is 0. The molecule has 0 aliphatic rings. The molecule has 0 N–H and O–H groups in total. The van der Waals surface area contributed by atoms with Crippen molar-refractivity contribution in [2.45, 2.75) is 20.8 Å². The smallest absolute Gasteiger partial charge is 0.331 e. The van der Waals surface area contributed by atoms with E-state index in [1.807, 2.05) is 93.6 Å². The van der Waals surface area contributed by atoms with Crippen molar-refractivity contribution in [1.82, 2.24) is 15.0 Å². The molecule has 1 heterocycles. The molecule has 0 aliphatic heterocycles. The molecule has 36 heavy (non-hydrogen) atoms. The van der Waals surface area contributed by atoms with Gasteiger partial charge < -0.3 is 14.2 Å². The lowest BCUT2D eigenvalue weighted by atomic mass is 10.1. The fraction of sp³-hybridized carbons (Fsp3) is 0.100. The first-order chi connectivity index (χ1) is 17.3. The van der Waals surface area contributed by atoms with Crippen LogP contribution < -0.4 is 14.2 Å². The first kappa shape index (κ1) is 24.4. The highest BCUT2D eigenvalue weighted by molar-refractivity contribution is 5.69. The van der Waals surface area contributed by atoms with Crippen molar-refractivity contribution in [3.8, 4) is 35.3 Å². The van der Waals surface area contributed by atoms with E-state index >= 15 is 0 Å². The maximum atomic E-state index is 6.06. The molecule has 6 heteroatoms. The summed E-state index contributed by atoms with van der Waals surface area (Å²) in [5.41, 5.74) is 5.05. The summed E-state index contributed by atoms with van der Waals surface area (Å²) in [7, 11) is 0. The minimum absolute atomic E-state index is 0.0179. The van der Waals surface area contributed by atoms with E-state index in [2.05, 4.69) is 34.7 Å². The topological polar surface area (TPSA) is 66.4 Å². The second kappa shape index (κ2) is 10.7. The summed E-state index contributed by atoms with van der Waals surface area (Å²) in [4.78, 5) is 13.2. The number of rotatable bonds is 9. The second-order valence-electron chi connectivity index (χ2n) is 8.32. The maximum absolute atomic E-state index is 6.06. The van der Waals surface area contributed by atoms with Gasteiger partial charge >= 0.3 is 18.0 Å². The molecule has 0 fully saturated rings. The fourth-order valence-corrected chi connectivity index (χ4v) is 3.48. The summed E-state index contributed by atoms with van der Waals surface area (Å²) in [5.74, 6) is 1.66. The van der Waals surface area contributed by atoms with Crippen LogP contribution in [0.15, 0.2) is 92.5 Å². The van der Waals surface area contributed by atoms with Crippen LogP contribution in [0, 0.1) is 0 Å². The zero-order chi connectivity index (χ0) is 25.7. The Labute approximate surface area is 211 Å². The molecular formula is C30H27N3O3. The zero-order valence-corrected chi connectivity index (χ0v) is 20.6. The van der Waals surface area contributed by atoms with Gasteiger partial charge in [-0.2, -0.15) is 0 Å². The van der Waals surface area contributed by atoms with Crippen LogP contribution in [0.5, 0.6) is 35.3 Å². The average Bonchev–Trinajstić information content (AvgIpc) is 2.84. The summed E-state index contributed by atoms with van der Waals surface area (Å²) >= 11 is 0. The minimum atomic E-state index is 0.0179. The third-order valence-electron chi connectivity index (χ3n) is 5.22. The van der Waals surface area contributed by atoms with Crippen molar-refractivity contribution < 1.29 is 14.2 Å². The van der Waals surface area contributed by atoms with E-state index in [0.29, 0.717) is 17.2 Å². The normalized spacial score (nSPS) is 10.4. The monoisotopic (exact) mass is 477 g/mol. The molecule has 0 radical (unpaired) electrons. The van der Waals surface area contributed by atoms with Crippen molar-refractivity contribution >= 4 is 16.7 Å². The Kier molecular flexibility index (Phi) is 7.25. The highest BCUT2D eigenvalue weighted by Gasteiger charge is 2.17. The fourth-order valence-electron chi connectivity index (χ4n) is 3.48. The average molecular weight is 478 g/mol. The molecule has 0 aliphatic carbocycles. The molecule has 4 rings (SSSR count). The van der Waals surface area contributed by atoms with Crippen molar-refractivity contribution in [1.29, 1.82) is 0 Å². The molecular weight excluding hydrogens is 450 g/mol. The summed E-state index contributed by atoms with van der Waals surface area (Å²) in [6.45, 7) is 17.8. The van der Waals surface area contributed by atoms with Crippen LogP contribution >= 0.6 is 0 Å². The molecule has 0 amide bonds. The number of hydrogen-bond donors (Lipinski definition) is 0. The minimum Gasteiger partial charge on any atom is -0.423 e. The first-order valence-electron chi connectivity index (χ1n) is 11.4. The molecule has 0 unspecified atom stereocenters. The lowest BCUT2D eigenvalue weighted by molar-refractivity contribution is 0.361. The molecule has 4 aromatic rings. The predicted molar refractivity (Wildman–Crippen MR) is 143 cm³/mol. The number of allylic oxidation sites excluding steroid dienone is 3. The largest absolute Gasteiger partial charge is 0.423 e. The number of para-hydroxylation sites is 3. The molecule has 0 bridgehead atoms. The van der Waals surface area contributed by atoms with Gasteiger partial charge in [0.15, 0.2) is 0 Å². The lowest BCUT2D eigenvalue weighted by Crippen LogP contribution is -2.03. The Hall–Kier alpha value is -4.71. The number of benzene rings is 3. The van der Waals surface area contributed by atoms with Crippen LogP contribution in [-0.4, -0.2) is 15.0 Å². The van der Waals surface area contributed by atoms with Crippen molar-refractivity contribution in [3.05, 3.63) is 109 Å². The third kappa shape index (κ3) is 5.67. The van der Waals surface area contributed by atoms with E-state index < -0.39 is 0 Å². The van der Waals surface area contributed by atoms with Crippen LogP contribution in [0.25, 0.3) is 16.7 Å². The first-order valence-corrected chi connectivity index (χ1v) is 11.4. The molecule has 0 saturated heterocycles. The van der Waals surface area contributed by atoms with Gasteiger partial charge in [0.1, 0.15) is 17.2 Å². The standard InChI is InChI=1S/C30H27N3O3/c1-19(2)22-13-7-10-16-25(22)34-28-31-29(35-26-17-11-8-14-23(26)20(3)4)33-30(32-28)36-27-18-12-9-15-24(27)21(5)6/h7-18H,1,3,5H2,2,4,6H3. The van der Waals surface area contributed by atoms with Crippen LogP contribution in [0.3, 0.4) is 0 Å². The van der Waals surface area contributed by atoms with E-state index in [1.165, 1.54) is 0 Å². The Balaban J connectivity index is 1.77. The summed E-state index contributed by atoms with van der Waals surface area (Å²) in [6, 6.07) is 22.6. The SMILES string of the molecule is C=C(C)c1ccccc1Oc1nc(Oc2ccccc2C(=C)C)nc(Oc2ccccc2C(=C)C)n1. The highest BCUT2D eigenvalue weighted by atomic mass is 16.5. The van der Waals surface area contributed by atoms with Gasteiger partial charge in [-0.15, -0.1) is 15.0 Å². The van der Waals surface area contributed by atoms with Gasteiger partial charge in [0.25, 0.3) is 0 Å². The maximum Gasteiger partial charge on any atom is 0.331 e. The van der Waals surface area contributed by atoms with Crippen LogP contribution in [0.4, 0.5) is 0 Å². The summed E-state index contributed by atoms with van der Waals surface area (Å²) < 4.78 is 18.2. The number of hydrogen-bond acceptors (Lipinski definition) is 6. The molecule has 1 aromatic heterocycles. The van der Waals surface area contributed by atoms with Gasteiger partial charge in [-0.05, 0) is 55.7 Å². The predicted octanol–water partition coefficient (Wildman–Crippen LogP) is 8.35. The zero-order valence-electron chi connectivity index (χ0n) is 20.6. The molecule has 0 spiro atoms. The summed E-state index contributed by atoms with van der Waals surface area (Å²) in [5, 5.41) is 0. The second-order valence-corrected chi connectivity index (χ2v) is 8.32. The van der Waals surface area contributed by atoms with Crippen LogP contribution in [0.1, 0.15) is 37.5 Å². The van der Waals surface area contributed by atoms with Crippen molar-refractivity contribution in [2.75, 3.05) is 0 Å². The van der Waals surface area contributed by atoms with Gasteiger partial charge in [-0.25, -0.2) is 0 Å². The van der Waals surface area contributed by atoms with Gasteiger partial charge in [-0.3, -0.25) is 0 Å².